The van der Waals surface area contributed by atoms with Gasteiger partial charge >= 0.3 is 0 Å². The second kappa shape index (κ2) is 6.84. The Kier molecular flexibility index (Phi) is 5.42. The molecule has 16 heavy (non-hydrogen) atoms. The van der Waals surface area contributed by atoms with Gasteiger partial charge in [-0.15, -0.1) is 0 Å². The first kappa shape index (κ1) is 12.7. The maximum Gasteiger partial charge on any atom is 0.0460 e. The maximum atomic E-state index is 9.06. The molecule has 0 bridgehead atoms. The molecule has 2 fully saturated rings. The van der Waals surface area contributed by atoms with E-state index < -0.39 is 0 Å². The molecule has 0 aromatic carbocycles. The van der Waals surface area contributed by atoms with Crippen LogP contribution >= 0.6 is 11.8 Å². The SMILES string of the molecule is OCC1CCN(CCNC2CCSC2)CC1. The molecule has 94 valence electrons. The van der Waals surface area contributed by atoms with E-state index in [1.54, 1.807) is 0 Å². The fourth-order valence-corrected chi connectivity index (χ4v) is 3.70. The van der Waals surface area contributed by atoms with Crippen LogP contribution < -0.4 is 5.32 Å². The molecule has 2 heterocycles. The third-order valence-electron chi connectivity index (χ3n) is 3.76. The molecule has 1 atom stereocenters. The van der Waals surface area contributed by atoms with Gasteiger partial charge in [-0.2, -0.15) is 11.8 Å². The van der Waals surface area contributed by atoms with Crippen molar-refractivity contribution in [2.24, 2.45) is 5.92 Å². The number of nitrogens with zero attached hydrogens (tertiary/aromatic N) is 1. The molecule has 2 aliphatic rings. The van der Waals surface area contributed by atoms with Gasteiger partial charge in [-0.3, -0.25) is 0 Å². The van der Waals surface area contributed by atoms with Crippen molar-refractivity contribution >= 4 is 11.8 Å². The van der Waals surface area contributed by atoms with Crippen LogP contribution in [0.2, 0.25) is 0 Å². The number of hydrogen-bond acceptors (Lipinski definition) is 4. The van der Waals surface area contributed by atoms with Crippen molar-refractivity contribution in [1.82, 2.24) is 10.2 Å². The van der Waals surface area contributed by atoms with Crippen LogP contribution in [0, 0.1) is 5.92 Å². The number of thioether (sulfide) groups is 1. The summed E-state index contributed by atoms with van der Waals surface area (Å²) in [6.07, 6.45) is 3.70. The van der Waals surface area contributed by atoms with Gasteiger partial charge in [0.1, 0.15) is 0 Å². The lowest BCUT2D eigenvalue weighted by molar-refractivity contribution is 0.131. The van der Waals surface area contributed by atoms with Crippen molar-refractivity contribution in [3.05, 3.63) is 0 Å². The lowest BCUT2D eigenvalue weighted by atomic mass is 9.98. The number of likely N-dealkylation sites (tertiary alicyclic amines) is 1. The zero-order valence-corrected chi connectivity index (χ0v) is 10.8. The van der Waals surface area contributed by atoms with E-state index in [4.69, 9.17) is 5.11 Å². The van der Waals surface area contributed by atoms with Crippen molar-refractivity contribution in [3.8, 4) is 0 Å². The highest BCUT2D eigenvalue weighted by Crippen LogP contribution is 2.17. The summed E-state index contributed by atoms with van der Waals surface area (Å²) in [6, 6.07) is 0.764. The zero-order valence-electron chi connectivity index (χ0n) is 10.0. The van der Waals surface area contributed by atoms with Crippen molar-refractivity contribution in [1.29, 1.82) is 0 Å². The summed E-state index contributed by atoms with van der Waals surface area (Å²) in [5.41, 5.74) is 0. The Hall–Kier alpha value is 0.230. The Balaban J connectivity index is 1.53. The highest BCUT2D eigenvalue weighted by molar-refractivity contribution is 7.99. The minimum atomic E-state index is 0.380. The van der Waals surface area contributed by atoms with Crippen LogP contribution in [0.15, 0.2) is 0 Å². The summed E-state index contributed by atoms with van der Waals surface area (Å²) in [6.45, 7) is 5.04. The highest BCUT2D eigenvalue weighted by atomic mass is 32.2. The van der Waals surface area contributed by atoms with E-state index in [1.165, 1.54) is 50.4 Å². The first-order chi connectivity index (χ1) is 7.88. The number of aliphatic hydroxyl groups excluding tert-OH is 1. The Morgan fingerprint density at radius 3 is 2.69 bits per heavy atom. The van der Waals surface area contributed by atoms with Crippen molar-refractivity contribution < 1.29 is 5.11 Å². The Morgan fingerprint density at radius 2 is 2.06 bits per heavy atom. The summed E-state index contributed by atoms with van der Waals surface area (Å²) in [5, 5.41) is 12.7. The number of hydrogen-bond donors (Lipinski definition) is 2. The topological polar surface area (TPSA) is 35.5 Å². The molecular formula is C12H24N2OS. The smallest absolute Gasteiger partial charge is 0.0460 e. The number of aliphatic hydroxyl groups is 1. The summed E-state index contributed by atoms with van der Waals surface area (Å²) in [4.78, 5) is 2.53. The minimum absolute atomic E-state index is 0.380. The van der Waals surface area contributed by atoms with Crippen molar-refractivity contribution in [2.45, 2.75) is 25.3 Å². The summed E-state index contributed by atoms with van der Waals surface area (Å²) in [7, 11) is 0. The van der Waals surface area contributed by atoms with Gasteiger partial charge in [-0.05, 0) is 44.0 Å². The van der Waals surface area contributed by atoms with E-state index in [-0.39, 0.29) is 0 Å². The monoisotopic (exact) mass is 244 g/mol. The first-order valence-corrected chi connectivity index (χ1v) is 7.68. The molecule has 2 rings (SSSR count). The van der Waals surface area contributed by atoms with Crippen LogP contribution in [0.3, 0.4) is 0 Å². The molecule has 0 spiro atoms. The molecule has 2 N–H and O–H groups in total. The van der Waals surface area contributed by atoms with Crippen molar-refractivity contribution in [2.75, 3.05) is 44.3 Å². The Bertz CT molecular complexity index is 189. The zero-order chi connectivity index (χ0) is 11.2. The van der Waals surface area contributed by atoms with Gasteiger partial charge < -0.3 is 15.3 Å². The minimum Gasteiger partial charge on any atom is -0.396 e. The molecule has 3 nitrogen and oxygen atoms in total. The fourth-order valence-electron chi connectivity index (χ4n) is 2.51. The molecule has 2 saturated heterocycles. The van der Waals surface area contributed by atoms with Gasteiger partial charge in [0.25, 0.3) is 0 Å². The summed E-state index contributed by atoms with van der Waals surface area (Å²) in [5.74, 6) is 3.20. The molecule has 0 aliphatic carbocycles. The molecule has 0 amide bonds. The normalized spacial score (nSPS) is 28.7. The molecule has 0 aromatic rings. The number of rotatable bonds is 5. The third kappa shape index (κ3) is 3.91. The lowest BCUT2D eigenvalue weighted by Gasteiger charge is -2.31. The molecule has 0 saturated carbocycles. The van der Waals surface area contributed by atoms with Gasteiger partial charge in [0, 0.05) is 31.5 Å². The molecule has 2 aliphatic heterocycles. The van der Waals surface area contributed by atoms with Gasteiger partial charge in [0.2, 0.25) is 0 Å². The van der Waals surface area contributed by atoms with Crippen LogP contribution in [-0.4, -0.2) is 60.3 Å². The average molecular weight is 244 g/mol. The van der Waals surface area contributed by atoms with Crippen LogP contribution in [0.5, 0.6) is 0 Å². The van der Waals surface area contributed by atoms with Crippen LogP contribution in [-0.2, 0) is 0 Å². The molecule has 4 heteroatoms. The van der Waals surface area contributed by atoms with E-state index >= 15 is 0 Å². The van der Waals surface area contributed by atoms with E-state index in [0.29, 0.717) is 12.5 Å². The molecule has 1 unspecified atom stereocenters. The van der Waals surface area contributed by atoms with Crippen LogP contribution in [0.4, 0.5) is 0 Å². The van der Waals surface area contributed by atoms with Crippen LogP contribution in [0.1, 0.15) is 19.3 Å². The van der Waals surface area contributed by atoms with E-state index in [0.717, 1.165) is 12.6 Å². The maximum absolute atomic E-state index is 9.06. The first-order valence-electron chi connectivity index (χ1n) is 6.53. The summed E-state index contributed by atoms with van der Waals surface area (Å²) < 4.78 is 0. The number of nitrogens with one attached hydrogen (secondary N) is 1. The quantitative estimate of drug-likeness (QED) is 0.749. The fraction of sp³-hybridized carbons (Fsp3) is 1.00. The van der Waals surface area contributed by atoms with Crippen molar-refractivity contribution in [3.63, 3.8) is 0 Å². The van der Waals surface area contributed by atoms with Gasteiger partial charge in [0.15, 0.2) is 0 Å². The van der Waals surface area contributed by atoms with E-state index in [1.807, 2.05) is 0 Å². The lowest BCUT2D eigenvalue weighted by Crippen LogP contribution is -2.41. The van der Waals surface area contributed by atoms with E-state index in [9.17, 15) is 0 Å². The standard InChI is InChI=1S/C12H24N2OS/c15-9-11-1-5-14(6-2-11)7-4-13-12-3-8-16-10-12/h11-13,15H,1-10H2. The molecule has 0 aromatic heterocycles. The number of piperidine rings is 1. The van der Waals surface area contributed by atoms with Crippen LogP contribution in [0.25, 0.3) is 0 Å². The van der Waals surface area contributed by atoms with Gasteiger partial charge in [-0.1, -0.05) is 0 Å². The summed E-state index contributed by atoms with van der Waals surface area (Å²) >= 11 is 2.07. The van der Waals surface area contributed by atoms with E-state index in [2.05, 4.69) is 22.0 Å². The molecular weight excluding hydrogens is 220 g/mol. The average Bonchev–Trinajstić information content (AvgIpc) is 2.83. The van der Waals surface area contributed by atoms with Gasteiger partial charge in [0.05, 0.1) is 0 Å². The largest absolute Gasteiger partial charge is 0.396 e. The molecule has 0 radical (unpaired) electrons. The highest BCUT2D eigenvalue weighted by Gasteiger charge is 2.19. The Labute approximate surface area is 103 Å². The Morgan fingerprint density at radius 1 is 1.25 bits per heavy atom. The second-order valence-corrected chi connectivity index (χ2v) is 6.13. The second-order valence-electron chi connectivity index (χ2n) is 4.98. The predicted octanol–water partition coefficient (Wildman–Crippen LogP) is 0.786. The predicted molar refractivity (Wildman–Crippen MR) is 70.0 cm³/mol. The van der Waals surface area contributed by atoms with Gasteiger partial charge in [-0.25, -0.2) is 0 Å². The third-order valence-corrected chi connectivity index (χ3v) is 4.92.